The lowest BCUT2D eigenvalue weighted by Crippen LogP contribution is -2.67. The van der Waals surface area contributed by atoms with Crippen molar-refractivity contribution in [1.29, 1.82) is 0 Å². The van der Waals surface area contributed by atoms with Gasteiger partial charge in [-0.2, -0.15) is 0 Å². The minimum absolute atomic E-state index is 0.0133. The lowest BCUT2D eigenvalue weighted by molar-refractivity contribution is -0.218. The number of allylic oxidation sites excluding steroid dienone is 1. The zero-order valence-corrected chi connectivity index (χ0v) is 29.5. The molecule has 10 atom stereocenters. The Labute approximate surface area is 280 Å². The normalized spacial score (nSPS) is 42.3. The van der Waals surface area contributed by atoms with Crippen LogP contribution in [0.4, 0.5) is 0 Å². The van der Waals surface area contributed by atoms with Crippen LogP contribution in [0.5, 0.6) is 11.5 Å². The summed E-state index contributed by atoms with van der Waals surface area (Å²) in [6, 6.07) is 4.92. The van der Waals surface area contributed by atoms with Gasteiger partial charge in [-0.25, -0.2) is 4.79 Å². The van der Waals surface area contributed by atoms with E-state index in [0.29, 0.717) is 48.3 Å². The molecule has 7 heteroatoms. The molecule has 0 radical (unpaired) electrons. The highest BCUT2D eigenvalue weighted by Crippen LogP contribution is 2.76. The largest absolute Gasteiger partial charge is 0.504 e. The van der Waals surface area contributed by atoms with Crippen LogP contribution in [0, 0.1) is 56.7 Å². The highest BCUT2D eigenvalue weighted by Gasteiger charge is 2.71. The van der Waals surface area contributed by atoms with Crippen LogP contribution < -0.4 is 4.74 Å². The number of aromatic hydroxyl groups is 1. The number of hydrogen-bond donors (Lipinski definition) is 3. The molecule has 258 valence electrons. The number of carbonyl (C=O) groups excluding carboxylic acids is 1. The third kappa shape index (κ3) is 4.91. The highest BCUT2D eigenvalue weighted by atomic mass is 16.5. The van der Waals surface area contributed by atoms with Gasteiger partial charge < -0.3 is 24.8 Å². The maximum atomic E-state index is 13.5. The quantitative estimate of drug-likeness (QED) is 0.163. The van der Waals surface area contributed by atoms with Crippen molar-refractivity contribution in [3.8, 4) is 11.5 Å². The van der Waals surface area contributed by atoms with Gasteiger partial charge in [-0.15, -0.1) is 0 Å². The number of methoxy groups -OCH3 is 1. The summed E-state index contributed by atoms with van der Waals surface area (Å²) in [6.45, 7) is 14.1. The molecule has 47 heavy (non-hydrogen) atoms. The molecule has 0 heterocycles. The fraction of sp³-hybridized carbons (Fsp3) is 0.700. The second-order valence-corrected chi connectivity index (χ2v) is 17.1. The lowest BCUT2D eigenvalue weighted by Gasteiger charge is -2.71. The van der Waals surface area contributed by atoms with Crippen LogP contribution in [-0.4, -0.2) is 47.1 Å². The van der Waals surface area contributed by atoms with Gasteiger partial charge in [0, 0.05) is 11.5 Å². The first-order chi connectivity index (χ1) is 22.1. The first kappa shape index (κ1) is 34.1. The SMILES string of the molecule is COc1cc(C=CC(=O)OCC23CC[C@@]4(C(=O)O)CCC(C)[C@H](C)C4C2=CCC2[C@@]4(C)CC[C@H](O)C(C)(C)C4CC[C@]23C)ccc1O. The number of carboxylic acid groups (broad SMARTS) is 1. The molecular weight excluding hydrogens is 592 g/mol. The van der Waals surface area contributed by atoms with Crippen LogP contribution in [0.3, 0.4) is 0 Å². The summed E-state index contributed by atoms with van der Waals surface area (Å²) in [5.41, 5.74) is 0.329. The smallest absolute Gasteiger partial charge is 0.330 e. The number of benzene rings is 1. The molecule has 0 aliphatic heterocycles. The molecule has 6 rings (SSSR count). The van der Waals surface area contributed by atoms with Gasteiger partial charge in [0.1, 0.15) is 6.61 Å². The van der Waals surface area contributed by atoms with Gasteiger partial charge in [-0.05, 0) is 127 Å². The van der Waals surface area contributed by atoms with Gasteiger partial charge in [0.25, 0.3) is 0 Å². The van der Waals surface area contributed by atoms with Crippen molar-refractivity contribution in [2.24, 2.45) is 56.7 Å². The van der Waals surface area contributed by atoms with Gasteiger partial charge in [0.2, 0.25) is 0 Å². The zero-order chi connectivity index (χ0) is 34.2. The molecule has 0 saturated heterocycles. The number of esters is 1. The fourth-order valence-corrected chi connectivity index (χ4v) is 12.2. The van der Waals surface area contributed by atoms with E-state index < -0.39 is 22.8 Å². The molecule has 0 aromatic heterocycles. The van der Waals surface area contributed by atoms with Crippen molar-refractivity contribution in [2.45, 2.75) is 105 Å². The summed E-state index contributed by atoms with van der Waals surface area (Å²) in [4.78, 5) is 26.7. The van der Waals surface area contributed by atoms with Crippen LogP contribution >= 0.6 is 0 Å². The van der Waals surface area contributed by atoms with Crippen LogP contribution in [-0.2, 0) is 14.3 Å². The average molecular weight is 649 g/mol. The first-order valence-electron chi connectivity index (χ1n) is 17.9. The summed E-state index contributed by atoms with van der Waals surface area (Å²) >= 11 is 0. The number of ether oxygens (including phenoxy) is 2. The summed E-state index contributed by atoms with van der Waals surface area (Å²) in [5, 5.41) is 32.0. The van der Waals surface area contributed by atoms with Gasteiger partial charge in [0.05, 0.1) is 18.6 Å². The van der Waals surface area contributed by atoms with Crippen molar-refractivity contribution in [3.63, 3.8) is 0 Å². The molecule has 1 aromatic carbocycles. The number of aliphatic carboxylic acids is 1. The number of phenols is 1. The Hall–Kier alpha value is -2.80. The van der Waals surface area contributed by atoms with Crippen molar-refractivity contribution in [3.05, 3.63) is 41.5 Å². The van der Waals surface area contributed by atoms with Crippen molar-refractivity contribution < 1.29 is 34.4 Å². The number of carboxylic acids is 1. The molecule has 0 amide bonds. The van der Waals surface area contributed by atoms with E-state index in [1.54, 1.807) is 18.2 Å². The number of rotatable bonds is 6. The van der Waals surface area contributed by atoms with E-state index in [1.807, 2.05) is 0 Å². The standard InChI is InChI=1S/C40H56O7/c1-24-14-19-39(35(44)45)20-21-40(23-47-33(43)13-9-26-8-11-28(41)29(22-26)46-7)27(34(39)25(24)2)10-12-31-37(5)17-16-32(42)36(3,4)30(37)15-18-38(31,40)6/h8-11,13,22,24-25,30-32,34,41-42H,12,14-21,23H2,1-7H3,(H,44,45)/t24?,25-,30?,31?,32-,34?,37-,38+,39-,40?/m0/s1. The number of carbonyl (C=O) groups is 2. The maximum absolute atomic E-state index is 13.5. The van der Waals surface area contributed by atoms with E-state index >= 15 is 0 Å². The fourth-order valence-electron chi connectivity index (χ4n) is 12.2. The van der Waals surface area contributed by atoms with Gasteiger partial charge >= 0.3 is 11.9 Å². The van der Waals surface area contributed by atoms with E-state index in [1.165, 1.54) is 24.8 Å². The van der Waals surface area contributed by atoms with E-state index in [2.05, 4.69) is 47.6 Å². The van der Waals surface area contributed by atoms with Gasteiger partial charge in [0.15, 0.2) is 11.5 Å². The Balaban J connectivity index is 1.40. The maximum Gasteiger partial charge on any atom is 0.330 e. The van der Waals surface area contributed by atoms with Crippen LogP contribution in [0.2, 0.25) is 0 Å². The molecule has 5 aliphatic rings. The molecule has 3 N–H and O–H groups in total. The number of aliphatic hydroxyl groups excluding tert-OH is 1. The Morgan fingerprint density at radius 3 is 2.43 bits per heavy atom. The van der Waals surface area contributed by atoms with Crippen LogP contribution in [0.1, 0.15) is 105 Å². The summed E-state index contributed by atoms with van der Waals surface area (Å²) in [5.74, 6) is 0.499. The lowest BCUT2D eigenvalue weighted by atomic mass is 9.33. The first-order valence-corrected chi connectivity index (χ1v) is 17.9. The summed E-state index contributed by atoms with van der Waals surface area (Å²) in [6.07, 6.45) is 12.7. The minimum Gasteiger partial charge on any atom is -0.504 e. The molecule has 1 aromatic rings. The molecule has 5 aliphatic carbocycles. The monoisotopic (exact) mass is 648 g/mol. The number of fused-ring (bicyclic) bond motifs is 7. The van der Waals surface area contributed by atoms with E-state index in [9.17, 15) is 24.9 Å². The van der Waals surface area contributed by atoms with E-state index in [0.717, 1.165) is 38.5 Å². The number of hydrogen-bond acceptors (Lipinski definition) is 6. The Kier molecular flexibility index (Phi) is 8.46. The molecular formula is C40H56O7. The summed E-state index contributed by atoms with van der Waals surface area (Å²) < 4.78 is 11.5. The minimum atomic E-state index is -0.787. The predicted molar refractivity (Wildman–Crippen MR) is 182 cm³/mol. The van der Waals surface area contributed by atoms with Crippen molar-refractivity contribution in [2.75, 3.05) is 13.7 Å². The Morgan fingerprint density at radius 1 is 0.979 bits per heavy atom. The third-order valence-electron chi connectivity index (χ3n) is 15.1. The number of aliphatic hydroxyl groups is 1. The second kappa shape index (κ2) is 11.7. The van der Waals surface area contributed by atoms with Crippen LogP contribution in [0.25, 0.3) is 6.08 Å². The zero-order valence-electron chi connectivity index (χ0n) is 29.5. The molecule has 5 unspecified atom stereocenters. The summed E-state index contributed by atoms with van der Waals surface area (Å²) in [7, 11) is 1.49. The highest BCUT2D eigenvalue weighted by molar-refractivity contribution is 5.87. The number of phenolic OH excluding ortho intramolecular Hbond substituents is 1. The molecule has 4 fully saturated rings. The van der Waals surface area contributed by atoms with Gasteiger partial charge in [-0.3, -0.25) is 4.79 Å². The second-order valence-electron chi connectivity index (χ2n) is 17.1. The van der Waals surface area contributed by atoms with E-state index in [4.69, 9.17) is 9.47 Å². The Morgan fingerprint density at radius 2 is 1.72 bits per heavy atom. The van der Waals surface area contributed by atoms with E-state index in [-0.39, 0.29) is 46.5 Å². The predicted octanol–water partition coefficient (Wildman–Crippen LogP) is 8.04. The molecule has 0 bridgehead atoms. The molecule has 4 saturated carbocycles. The Bertz CT molecular complexity index is 1480. The van der Waals surface area contributed by atoms with Gasteiger partial charge in [-0.1, -0.05) is 59.3 Å². The third-order valence-corrected chi connectivity index (χ3v) is 15.1. The van der Waals surface area contributed by atoms with Crippen LogP contribution in [0.15, 0.2) is 35.9 Å². The topological polar surface area (TPSA) is 113 Å². The van der Waals surface area contributed by atoms with Crippen molar-refractivity contribution >= 4 is 18.0 Å². The average Bonchev–Trinajstić information content (AvgIpc) is 3.03. The van der Waals surface area contributed by atoms with Crippen molar-refractivity contribution in [1.82, 2.24) is 0 Å². The molecule has 7 nitrogen and oxygen atoms in total. The molecule has 0 spiro atoms.